The molecule has 2 N–H and O–H groups in total. The first-order valence-corrected chi connectivity index (χ1v) is 13.1. The summed E-state index contributed by atoms with van der Waals surface area (Å²) in [5.74, 6) is 0.0260. The zero-order chi connectivity index (χ0) is 26.3. The summed E-state index contributed by atoms with van der Waals surface area (Å²) in [7, 11) is 0. The molecule has 2 fully saturated rings. The zero-order valence-electron chi connectivity index (χ0n) is 20.3. The largest absolute Gasteiger partial charge is 0.486 e. The van der Waals surface area contributed by atoms with Crippen LogP contribution in [0.5, 0.6) is 11.5 Å². The van der Waals surface area contributed by atoms with Gasteiger partial charge in [-0.3, -0.25) is 9.69 Å². The lowest BCUT2D eigenvalue weighted by Crippen LogP contribution is -2.53. The van der Waals surface area contributed by atoms with Gasteiger partial charge in [0.1, 0.15) is 12.7 Å². The lowest BCUT2D eigenvalue weighted by atomic mass is 10.0. The van der Waals surface area contributed by atoms with Gasteiger partial charge in [0.2, 0.25) is 5.91 Å². The topological polar surface area (TPSA) is 117 Å². The molecule has 196 valence electrons. The second kappa shape index (κ2) is 12.2. The number of aliphatic carboxylic acids is 2. The molecule has 2 aromatic carbocycles. The van der Waals surface area contributed by atoms with Crippen LogP contribution in [0.3, 0.4) is 0 Å². The van der Waals surface area contributed by atoms with E-state index in [0.717, 1.165) is 44.0 Å². The number of fused-ring (bicyclic) bond motifs is 1. The molecule has 1 atom stereocenters. The first-order valence-electron chi connectivity index (χ1n) is 12.1. The first kappa shape index (κ1) is 26.6. The lowest BCUT2D eigenvalue weighted by Gasteiger charge is -2.44. The quantitative estimate of drug-likeness (QED) is 0.548. The average molecular weight is 527 g/mol. The molecular formula is C27H30N2O7S. The lowest BCUT2D eigenvalue weighted by molar-refractivity contribution is -0.134. The van der Waals surface area contributed by atoms with Crippen LogP contribution in [0, 0.1) is 0 Å². The summed E-state index contributed by atoms with van der Waals surface area (Å²) in [4.78, 5) is 36.3. The monoisotopic (exact) mass is 526 g/mol. The number of carboxylic acids is 2. The highest BCUT2D eigenvalue weighted by Crippen LogP contribution is 2.45. The van der Waals surface area contributed by atoms with Crippen molar-refractivity contribution in [1.82, 2.24) is 9.80 Å². The first-order chi connectivity index (χ1) is 17.8. The third-order valence-electron chi connectivity index (χ3n) is 6.48. The molecule has 10 heteroatoms. The number of thioether (sulfide) groups is 1. The van der Waals surface area contributed by atoms with Crippen molar-refractivity contribution in [3.8, 4) is 11.5 Å². The number of piperidine rings is 1. The average Bonchev–Trinajstić information content (AvgIpc) is 3.19. The summed E-state index contributed by atoms with van der Waals surface area (Å²) in [5, 5.41) is 15.6. The van der Waals surface area contributed by atoms with Gasteiger partial charge in [-0.25, -0.2) is 9.59 Å². The fourth-order valence-corrected chi connectivity index (χ4v) is 6.00. The number of amides is 1. The highest BCUT2D eigenvalue weighted by Gasteiger charge is 2.47. The molecule has 9 nitrogen and oxygen atoms in total. The van der Waals surface area contributed by atoms with Gasteiger partial charge in [-0.2, -0.15) is 0 Å². The Kier molecular flexibility index (Phi) is 8.73. The van der Waals surface area contributed by atoms with Gasteiger partial charge in [0.25, 0.3) is 0 Å². The van der Waals surface area contributed by atoms with Crippen LogP contribution < -0.4 is 9.47 Å². The van der Waals surface area contributed by atoms with Gasteiger partial charge in [0.15, 0.2) is 11.5 Å². The molecule has 1 unspecified atom stereocenters. The molecule has 2 saturated heterocycles. The number of benzene rings is 2. The third kappa shape index (κ3) is 7.05. The van der Waals surface area contributed by atoms with Crippen LogP contribution in [0.2, 0.25) is 0 Å². The van der Waals surface area contributed by atoms with Crippen LogP contribution >= 0.6 is 11.8 Å². The standard InChI is InChI=1S/C23H26N2O3S.C4H4O4/c26-22-17-29-23(25(22)14-18-6-2-1-3-7-18)10-12-24(13-11-23)15-19-16-27-20-8-4-5-9-21(20)28-19;5-3(6)1-2-4(7)8/h1-9,19H,10-17H2;1-2H,(H,5,6)(H,7,8). The minimum atomic E-state index is -1.26. The Hall–Kier alpha value is -3.50. The number of likely N-dealkylation sites (tertiary alicyclic amines) is 1. The van der Waals surface area contributed by atoms with Gasteiger partial charge in [0.05, 0.1) is 10.6 Å². The molecule has 1 spiro atoms. The maximum atomic E-state index is 12.6. The summed E-state index contributed by atoms with van der Waals surface area (Å²) in [6.07, 6.45) is 3.17. The minimum absolute atomic E-state index is 0.0530. The van der Waals surface area contributed by atoms with E-state index in [-0.39, 0.29) is 16.9 Å². The second-order valence-corrected chi connectivity index (χ2v) is 10.3. The molecule has 3 aliphatic heterocycles. The van der Waals surface area contributed by atoms with Crippen LogP contribution in [0.4, 0.5) is 0 Å². The number of nitrogens with zero attached hydrogens (tertiary/aromatic N) is 2. The number of para-hydroxylation sites is 2. The van der Waals surface area contributed by atoms with E-state index in [9.17, 15) is 14.4 Å². The maximum absolute atomic E-state index is 12.6. The van der Waals surface area contributed by atoms with Crippen molar-refractivity contribution in [1.29, 1.82) is 0 Å². The predicted molar refractivity (Wildman–Crippen MR) is 139 cm³/mol. The van der Waals surface area contributed by atoms with Crippen molar-refractivity contribution in [2.75, 3.05) is 32.0 Å². The molecule has 1 amide bonds. The fourth-order valence-electron chi connectivity index (χ4n) is 4.66. The Morgan fingerprint density at radius 3 is 2.24 bits per heavy atom. The summed E-state index contributed by atoms with van der Waals surface area (Å²) >= 11 is 1.83. The van der Waals surface area contributed by atoms with Crippen molar-refractivity contribution in [3.63, 3.8) is 0 Å². The number of hydrogen-bond acceptors (Lipinski definition) is 7. The number of carboxylic acid groups (broad SMARTS) is 2. The van der Waals surface area contributed by atoms with E-state index in [1.165, 1.54) is 5.56 Å². The number of carbonyl (C=O) groups excluding carboxylic acids is 1. The van der Waals surface area contributed by atoms with Crippen LogP contribution in [-0.2, 0) is 20.9 Å². The van der Waals surface area contributed by atoms with E-state index in [1.54, 1.807) is 0 Å². The highest BCUT2D eigenvalue weighted by molar-refractivity contribution is 8.01. The minimum Gasteiger partial charge on any atom is -0.486 e. The third-order valence-corrected chi connectivity index (χ3v) is 8.03. The molecule has 3 heterocycles. The second-order valence-electron chi connectivity index (χ2n) is 9.01. The van der Waals surface area contributed by atoms with E-state index in [0.29, 0.717) is 31.1 Å². The Morgan fingerprint density at radius 2 is 1.59 bits per heavy atom. The van der Waals surface area contributed by atoms with Crippen molar-refractivity contribution in [2.24, 2.45) is 0 Å². The Balaban J connectivity index is 0.000000349. The molecule has 37 heavy (non-hydrogen) atoms. The van der Waals surface area contributed by atoms with E-state index in [1.807, 2.05) is 54.2 Å². The normalized spacial score (nSPS) is 20.5. The van der Waals surface area contributed by atoms with Gasteiger partial charge < -0.3 is 24.6 Å². The van der Waals surface area contributed by atoms with E-state index >= 15 is 0 Å². The Labute approximate surface area is 219 Å². The van der Waals surface area contributed by atoms with Crippen LogP contribution in [0.25, 0.3) is 0 Å². The molecule has 0 bridgehead atoms. The summed E-state index contributed by atoms with van der Waals surface area (Å²) in [6.45, 7) is 4.12. The Bertz CT molecular complexity index is 1120. The number of ether oxygens (including phenoxy) is 2. The number of rotatable bonds is 6. The molecule has 0 aromatic heterocycles. The van der Waals surface area contributed by atoms with Crippen LogP contribution in [0.1, 0.15) is 18.4 Å². The maximum Gasteiger partial charge on any atom is 0.328 e. The molecular weight excluding hydrogens is 496 g/mol. The van der Waals surface area contributed by atoms with Crippen molar-refractivity contribution >= 4 is 29.6 Å². The van der Waals surface area contributed by atoms with Crippen molar-refractivity contribution < 1.29 is 34.1 Å². The van der Waals surface area contributed by atoms with Crippen molar-refractivity contribution in [2.45, 2.75) is 30.4 Å². The summed E-state index contributed by atoms with van der Waals surface area (Å²) in [5.41, 5.74) is 1.21. The van der Waals surface area contributed by atoms with Crippen LogP contribution in [0.15, 0.2) is 66.7 Å². The SMILES string of the molecule is O=C(O)C=CC(=O)O.O=C1CSC2(CCN(CC3COc4ccccc4O3)CC2)N1Cc1ccccc1. The Morgan fingerprint density at radius 1 is 0.973 bits per heavy atom. The molecule has 5 rings (SSSR count). The van der Waals surface area contributed by atoms with Crippen LogP contribution in [-0.4, -0.2) is 80.8 Å². The summed E-state index contributed by atoms with van der Waals surface area (Å²) in [6, 6.07) is 18.2. The highest BCUT2D eigenvalue weighted by atomic mass is 32.2. The smallest absolute Gasteiger partial charge is 0.328 e. The van der Waals surface area contributed by atoms with E-state index in [2.05, 4.69) is 21.9 Å². The molecule has 0 radical (unpaired) electrons. The van der Waals surface area contributed by atoms with E-state index < -0.39 is 11.9 Å². The molecule has 0 saturated carbocycles. The van der Waals surface area contributed by atoms with Gasteiger partial charge in [0, 0.05) is 38.3 Å². The van der Waals surface area contributed by atoms with Crippen molar-refractivity contribution in [3.05, 3.63) is 72.3 Å². The zero-order valence-corrected chi connectivity index (χ0v) is 21.1. The number of hydrogen-bond donors (Lipinski definition) is 2. The predicted octanol–water partition coefficient (Wildman–Crippen LogP) is 3.11. The van der Waals surface area contributed by atoms with Gasteiger partial charge in [-0.15, -0.1) is 11.8 Å². The van der Waals surface area contributed by atoms with Gasteiger partial charge in [-0.05, 0) is 30.5 Å². The molecule has 0 aliphatic carbocycles. The van der Waals surface area contributed by atoms with Gasteiger partial charge >= 0.3 is 11.9 Å². The fraction of sp³-hybridized carbons (Fsp3) is 0.370. The summed E-state index contributed by atoms with van der Waals surface area (Å²) < 4.78 is 12.0. The van der Waals surface area contributed by atoms with Gasteiger partial charge in [-0.1, -0.05) is 42.5 Å². The molecule has 2 aromatic rings. The molecule has 3 aliphatic rings. The van der Waals surface area contributed by atoms with E-state index in [4.69, 9.17) is 19.7 Å². The number of carbonyl (C=O) groups is 3.